The minimum absolute atomic E-state index is 0.00317. The van der Waals surface area contributed by atoms with Crippen molar-refractivity contribution >= 4 is 46.2 Å². The van der Waals surface area contributed by atoms with Gasteiger partial charge in [-0.25, -0.2) is 0 Å². The molecule has 0 saturated carbocycles. The van der Waals surface area contributed by atoms with Crippen LogP contribution in [0.15, 0.2) is 38.4 Å². The molecule has 0 aliphatic carbocycles. The molecule has 3 N–H and O–H groups in total. The molecule has 2 amide bonds. The summed E-state index contributed by atoms with van der Waals surface area (Å²) in [6.07, 6.45) is 0. The number of nitrogen functional groups attached to an aromatic ring is 1. The largest absolute Gasteiger partial charge is 0.384 e. The van der Waals surface area contributed by atoms with Gasteiger partial charge in [-0.1, -0.05) is 15.9 Å². The zero-order chi connectivity index (χ0) is 15.3. The molecular weight excluding hydrogens is 358 g/mol. The van der Waals surface area contributed by atoms with Crippen LogP contribution in [0.2, 0.25) is 0 Å². The first kappa shape index (κ1) is 13.9. The lowest BCUT2D eigenvalue weighted by molar-refractivity contribution is 0.0880. The Bertz CT molecular complexity index is 876. The zero-order valence-corrected chi connectivity index (χ0v) is 12.9. The van der Waals surface area contributed by atoms with Gasteiger partial charge in [-0.3, -0.25) is 24.3 Å². The molecule has 8 heteroatoms. The molecule has 2 aromatic rings. The Labute approximate surface area is 132 Å². The molecule has 0 radical (unpaired) electrons. The predicted octanol–water partition coefficient (Wildman–Crippen LogP) is 1.35. The van der Waals surface area contributed by atoms with Crippen LogP contribution in [-0.4, -0.2) is 16.4 Å². The van der Waals surface area contributed by atoms with Gasteiger partial charge < -0.3 is 5.73 Å². The zero-order valence-electron chi connectivity index (χ0n) is 10.4. The van der Waals surface area contributed by atoms with E-state index in [9.17, 15) is 14.4 Å². The summed E-state index contributed by atoms with van der Waals surface area (Å²) < 4.78 is 1.95. The van der Waals surface area contributed by atoms with Crippen LogP contribution in [0.5, 0.6) is 0 Å². The van der Waals surface area contributed by atoms with Gasteiger partial charge in [0, 0.05) is 15.4 Å². The predicted molar refractivity (Wildman–Crippen MR) is 83.2 cm³/mol. The third-order valence-electron chi connectivity index (χ3n) is 3.13. The molecule has 0 fully saturated rings. The molecule has 0 spiro atoms. The molecule has 21 heavy (non-hydrogen) atoms. The van der Waals surface area contributed by atoms with Crippen LogP contribution in [0.4, 0.5) is 5.82 Å². The number of hydrogen-bond donors (Lipinski definition) is 3. The number of halogens is 1. The second-order valence-electron chi connectivity index (χ2n) is 4.41. The molecule has 0 saturated heterocycles. The van der Waals surface area contributed by atoms with Crippen LogP contribution in [-0.2, 0) is 0 Å². The van der Waals surface area contributed by atoms with E-state index in [-0.39, 0.29) is 16.9 Å². The number of carbonyl (C=O) groups is 2. The highest BCUT2D eigenvalue weighted by Gasteiger charge is 2.32. The average molecular weight is 366 g/mol. The number of anilines is 1. The molecule has 1 aliphatic rings. The quantitative estimate of drug-likeness (QED) is 0.525. The highest BCUT2D eigenvalue weighted by atomic mass is 79.9. The Morgan fingerprint density at radius 1 is 1.14 bits per heavy atom. The molecule has 0 bridgehead atoms. The Hall–Kier alpha value is -2.06. The van der Waals surface area contributed by atoms with Gasteiger partial charge in [-0.2, -0.15) is 0 Å². The molecule has 0 atom stereocenters. The van der Waals surface area contributed by atoms with Crippen molar-refractivity contribution in [2.24, 2.45) is 0 Å². The summed E-state index contributed by atoms with van der Waals surface area (Å²) >= 11 is 7.60. The minimum atomic E-state index is -0.618. The van der Waals surface area contributed by atoms with Crippen molar-refractivity contribution in [2.75, 3.05) is 5.73 Å². The number of nitrogens with one attached hydrogen (secondary N) is 1. The summed E-state index contributed by atoms with van der Waals surface area (Å²) in [5, 5.41) is 2.12. The number of benzene rings is 1. The van der Waals surface area contributed by atoms with Gasteiger partial charge in [0.25, 0.3) is 17.4 Å². The molecule has 1 aromatic carbocycles. The van der Waals surface area contributed by atoms with Crippen molar-refractivity contribution in [3.05, 3.63) is 50.2 Å². The number of rotatable bonds is 1. The number of nitrogens with two attached hydrogens (primary N) is 1. The van der Waals surface area contributed by atoms with Crippen LogP contribution in [0.1, 0.15) is 20.7 Å². The van der Waals surface area contributed by atoms with Crippen molar-refractivity contribution in [1.29, 1.82) is 0 Å². The number of thiol groups is 1. The fourth-order valence-electron chi connectivity index (χ4n) is 2.21. The smallest absolute Gasteiger partial charge is 0.262 e. The first-order chi connectivity index (χ1) is 9.90. The number of amides is 2. The lowest BCUT2D eigenvalue weighted by atomic mass is 10.1. The number of aromatic nitrogens is 1. The van der Waals surface area contributed by atoms with Crippen molar-refractivity contribution in [1.82, 2.24) is 9.88 Å². The van der Waals surface area contributed by atoms with E-state index < -0.39 is 17.4 Å². The van der Waals surface area contributed by atoms with E-state index in [2.05, 4.69) is 33.9 Å². The van der Waals surface area contributed by atoms with Gasteiger partial charge in [0.2, 0.25) is 0 Å². The monoisotopic (exact) mass is 365 g/mol. The van der Waals surface area contributed by atoms with Gasteiger partial charge >= 0.3 is 0 Å². The molecular formula is C13H8BrN3O3S. The number of fused-ring (bicyclic) bond motifs is 1. The average Bonchev–Trinajstić information content (AvgIpc) is 2.67. The van der Waals surface area contributed by atoms with Gasteiger partial charge in [0.1, 0.15) is 5.82 Å². The maximum Gasteiger partial charge on any atom is 0.262 e. The summed E-state index contributed by atoms with van der Waals surface area (Å²) in [7, 11) is 0. The lowest BCUT2D eigenvalue weighted by Crippen LogP contribution is -2.24. The van der Waals surface area contributed by atoms with E-state index >= 15 is 0 Å². The van der Waals surface area contributed by atoms with E-state index in [1.54, 1.807) is 18.2 Å². The van der Waals surface area contributed by atoms with E-state index in [0.717, 1.165) is 15.1 Å². The molecule has 2 heterocycles. The SMILES string of the molecule is Nc1c2c(cc(=O)n1-c1ccc(Br)cc1S)C(=O)NC2=O. The molecule has 1 aromatic heterocycles. The summed E-state index contributed by atoms with van der Waals surface area (Å²) in [5.41, 5.74) is 5.86. The fraction of sp³-hybridized carbons (Fsp3) is 0. The molecule has 1 aliphatic heterocycles. The van der Waals surface area contributed by atoms with Crippen molar-refractivity contribution in [3.63, 3.8) is 0 Å². The minimum Gasteiger partial charge on any atom is -0.384 e. The van der Waals surface area contributed by atoms with Gasteiger partial charge in [0.05, 0.1) is 16.8 Å². The first-order valence-electron chi connectivity index (χ1n) is 5.80. The highest BCUT2D eigenvalue weighted by molar-refractivity contribution is 9.10. The van der Waals surface area contributed by atoms with Crippen LogP contribution < -0.4 is 16.6 Å². The van der Waals surface area contributed by atoms with Gasteiger partial charge in [0.15, 0.2) is 0 Å². The van der Waals surface area contributed by atoms with Crippen LogP contribution >= 0.6 is 28.6 Å². The summed E-state index contributed by atoms with van der Waals surface area (Å²) in [6, 6.07) is 6.16. The summed E-state index contributed by atoms with van der Waals surface area (Å²) in [6.45, 7) is 0. The van der Waals surface area contributed by atoms with Crippen molar-refractivity contribution in [2.45, 2.75) is 4.90 Å². The van der Waals surface area contributed by atoms with Gasteiger partial charge in [-0.15, -0.1) is 12.6 Å². The Balaban J connectivity index is 2.35. The molecule has 6 nitrogen and oxygen atoms in total. The standard InChI is InChI=1S/C13H8BrN3O3S/c14-5-1-2-7(8(21)3-5)17-9(18)4-6-10(11(17)15)13(20)16-12(6)19/h1-4,21H,15H2,(H,16,19,20). The summed E-state index contributed by atoms with van der Waals surface area (Å²) in [4.78, 5) is 36.1. The normalized spacial score (nSPS) is 13.2. The Kier molecular flexibility index (Phi) is 3.14. The van der Waals surface area contributed by atoms with Crippen LogP contribution in [0.3, 0.4) is 0 Å². The van der Waals surface area contributed by atoms with E-state index in [4.69, 9.17) is 5.73 Å². The maximum absolute atomic E-state index is 12.2. The highest BCUT2D eigenvalue weighted by Crippen LogP contribution is 2.27. The van der Waals surface area contributed by atoms with E-state index in [1.165, 1.54) is 0 Å². The topological polar surface area (TPSA) is 94.2 Å². The molecule has 3 rings (SSSR count). The number of carbonyl (C=O) groups excluding carboxylic acids is 2. The van der Waals surface area contributed by atoms with E-state index in [1.807, 2.05) is 0 Å². The third-order valence-corrected chi connectivity index (χ3v) is 3.98. The second kappa shape index (κ2) is 4.74. The van der Waals surface area contributed by atoms with Crippen molar-refractivity contribution in [3.8, 4) is 5.69 Å². The third kappa shape index (κ3) is 2.07. The second-order valence-corrected chi connectivity index (χ2v) is 5.81. The molecule has 0 unspecified atom stereocenters. The number of nitrogens with zero attached hydrogens (tertiary/aromatic N) is 1. The molecule has 106 valence electrons. The van der Waals surface area contributed by atoms with Crippen molar-refractivity contribution < 1.29 is 9.59 Å². The van der Waals surface area contributed by atoms with Gasteiger partial charge in [-0.05, 0) is 18.2 Å². The first-order valence-corrected chi connectivity index (χ1v) is 7.04. The Morgan fingerprint density at radius 2 is 1.86 bits per heavy atom. The maximum atomic E-state index is 12.2. The number of pyridine rings is 1. The lowest BCUT2D eigenvalue weighted by Gasteiger charge is -2.13. The van der Waals surface area contributed by atoms with E-state index in [0.29, 0.717) is 10.6 Å². The van der Waals surface area contributed by atoms with Crippen LogP contribution in [0, 0.1) is 0 Å². The fourth-order valence-corrected chi connectivity index (χ4v) is 3.07. The number of hydrogen-bond acceptors (Lipinski definition) is 5. The summed E-state index contributed by atoms with van der Waals surface area (Å²) in [5.74, 6) is -1.31. The number of imide groups is 1. The van der Waals surface area contributed by atoms with Crippen LogP contribution in [0.25, 0.3) is 5.69 Å². The Morgan fingerprint density at radius 3 is 2.52 bits per heavy atom.